The second kappa shape index (κ2) is 6.46. The number of nitrogens with one attached hydrogen (secondary N) is 1. The quantitative estimate of drug-likeness (QED) is 0.845. The molecular weight excluding hydrogens is 271 g/mol. The lowest BCUT2D eigenvalue weighted by atomic mass is 9.93. The van der Waals surface area contributed by atoms with Gasteiger partial charge >= 0.3 is 0 Å². The normalized spacial score (nSPS) is 11.8. The summed E-state index contributed by atoms with van der Waals surface area (Å²) in [6, 6.07) is 6.87. The van der Waals surface area contributed by atoms with Crippen LogP contribution in [0.25, 0.3) is 0 Å². The molecule has 0 spiro atoms. The molecule has 0 aliphatic heterocycles. The molecule has 0 saturated heterocycles. The first kappa shape index (κ1) is 15.1. The average Bonchev–Trinajstić information content (AvgIpc) is 2.85. The standard InChI is InChI=1S/C16H21FN2S/c1-16(2,3)14-11-20-15(19-14)8-9-18-10-12-6-4-5-7-13(12)17/h4-7,11,18H,8-10H2,1-3H3. The van der Waals surface area contributed by atoms with Crippen LogP contribution in [-0.4, -0.2) is 11.5 Å². The molecule has 20 heavy (non-hydrogen) atoms. The Kier molecular flexibility index (Phi) is 4.89. The van der Waals surface area contributed by atoms with E-state index in [9.17, 15) is 4.39 Å². The Bertz CT molecular complexity index is 558. The van der Waals surface area contributed by atoms with Crippen molar-refractivity contribution in [3.05, 3.63) is 51.7 Å². The van der Waals surface area contributed by atoms with Gasteiger partial charge in [0.25, 0.3) is 0 Å². The largest absolute Gasteiger partial charge is 0.312 e. The van der Waals surface area contributed by atoms with Crippen molar-refractivity contribution in [3.8, 4) is 0 Å². The summed E-state index contributed by atoms with van der Waals surface area (Å²) in [4.78, 5) is 4.65. The van der Waals surface area contributed by atoms with E-state index in [1.54, 1.807) is 17.4 Å². The number of nitrogens with zero attached hydrogens (tertiary/aromatic N) is 1. The zero-order valence-corrected chi connectivity index (χ0v) is 13.1. The van der Waals surface area contributed by atoms with Gasteiger partial charge in [-0.25, -0.2) is 9.37 Å². The first-order valence-electron chi connectivity index (χ1n) is 6.86. The summed E-state index contributed by atoms with van der Waals surface area (Å²) in [6.07, 6.45) is 0.884. The molecule has 0 fully saturated rings. The predicted molar refractivity (Wildman–Crippen MR) is 82.6 cm³/mol. The Morgan fingerprint density at radius 1 is 1.25 bits per heavy atom. The summed E-state index contributed by atoms with van der Waals surface area (Å²) < 4.78 is 13.4. The molecule has 0 aliphatic carbocycles. The number of hydrogen-bond acceptors (Lipinski definition) is 3. The van der Waals surface area contributed by atoms with Gasteiger partial charge in [0.1, 0.15) is 5.82 Å². The fourth-order valence-corrected chi connectivity index (χ4v) is 2.86. The first-order valence-corrected chi connectivity index (χ1v) is 7.74. The lowest BCUT2D eigenvalue weighted by Gasteiger charge is -2.14. The van der Waals surface area contributed by atoms with Crippen LogP contribution in [0.1, 0.15) is 37.0 Å². The first-order chi connectivity index (χ1) is 9.47. The van der Waals surface area contributed by atoms with E-state index in [1.165, 1.54) is 6.07 Å². The molecule has 1 N–H and O–H groups in total. The van der Waals surface area contributed by atoms with Crippen LogP contribution in [0.3, 0.4) is 0 Å². The highest BCUT2D eigenvalue weighted by molar-refractivity contribution is 7.09. The van der Waals surface area contributed by atoms with Crippen LogP contribution < -0.4 is 5.32 Å². The van der Waals surface area contributed by atoms with Crippen LogP contribution in [0, 0.1) is 5.82 Å². The van der Waals surface area contributed by atoms with Crippen molar-refractivity contribution in [2.45, 2.75) is 39.2 Å². The minimum Gasteiger partial charge on any atom is -0.312 e. The van der Waals surface area contributed by atoms with E-state index in [-0.39, 0.29) is 11.2 Å². The summed E-state index contributed by atoms with van der Waals surface area (Å²) in [6.45, 7) is 7.88. The van der Waals surface area contributed by atoms with Crippen molar-refractivity contribution in [1.29, 1.82) is 0 Å². The molecule has 0 saturated carbocycles. The maximum Gasteiger partial charge on any atom is 0.127 e. The van der Waals surface area contributed by atoms with Gasteiger partial charge in [-0.15, -0.1) is 11.3 Å². The van der Waals surface area contributed by atoms with Gasteiger partial charge in [0.2, 0.25) is 0 Å². The molecule has 0 atom stereocenters. The number of benzene rings is 1. The monoisotopic (exact) mass is 292 g/mol. The molecule has 0 radical (unpaired) electrons. The highest BCUT2D eigenvalue weighted by atomic mass is 32.1. The molecule has 0 bridgehead atoms. The summed E-state index contributed by atoms with van der Waals surface area (Å²) in [5.41, 5.74) is 1.96. The van der Waals surface area contributed by atoms with Gasteiger partial charge in [-0.1, -0.05) is 39.0 Å². The van der Waals surface area contributed by atoms with Crippen LogP contribution in [0.4, 0.5) is 4.39 Å². The number of halogens is 1. The Hall–Kier alpha value is -1.26. The predicted octanol–water partition coefficient (Wildman–Crippen LogP) is 3.91. The van der Waals surface area contributed by atoms with Crippen molar-refractivity contribution in [3.63, 3.8) is 0 Å². The molecule has 2 nitrogen and oxygen atoms in total. The van der Waals surface area contributed by atoms with E-state index in [0.29, 0.717) is 12.1 Å². The molecule has 0 amide bonds. The van der Waals surface area contributed by atoms with Crippen molar-refractivity contribution in [2.24, 2.45) is 0 Å². The Morgan fingerprint density at radius 3 is 2.65 bits per heavy atom. The van der Waals surface area contributed by atoms with Crippen molar-refractivity contribution < 1.29 is 4.39 Å². The van der Waals surface area contributed by atoms with Gasteiger partial charge in [-0.3, -0.25) is 0 Å². The third-order valence-electron chi connectivity index (χ3n) is 3.11. The molecule has 4 heteroatoms. The second-order valence-corrected chi connectivity index (χ2v) is 6.84. The molecule has 2 aromatic rings. The Labute approximate surface area is 124 Å². The van der Waals surface area contributed by atoms with E-state index < -0.39 is 0 Å². The molecule has 0 aliphatic rings. The minimum atomic E-state index is -0.149. The van der Waals surface area contributed by atoms with Gasteiger partial charge in [0, 0.05) is 35.9 Å². The van der Waals surface area contributed by atoms with Crippen LogP contribution in [0.2, 0.25) is 0 Å². The smallest absolute Gasteiger partial charge is 0.127 e. The third-order valence-corrected chi connectivity index (χ3v) is 4.02. The molecule has 2 rings (SSSR count). The van der Waals surface area contributed by atoms with E-state index in [4.69, 9.17) is 0 Å². The van der Waals surface area contributed by atoms with Crippen LogP contribution in [0.15, 0.2) is 29.6 Å². The van der Waals surface area contributed by atoms with E-state index >= 15 is 0 Å². The summed E-state index contributed by atoms with van der Waals surface area (Å²) >= 11 is 1.70. The van der Waals surface area contributed by atoms with Crippen molar-refractivity contribution in [1.82, 2.24) is 10.3 Å². The number of aromatic nitrogens is 1. The number of rotatable bonds is 5. The molecule has 1 aromatic carbocycles. The lowest BCUT2D eigenvalue weighted by Crippen LogP contribution is -2.17. The summed E-state index contributed by atoms with van der Waals surface area (Å²) in [5.74, 6) is -0.149. The van der Waals surface area contributed by atoms with Crippen molar-refractivity contribution >= 4 is 11.3 Å². The van der Waals surface area contributed by atoms with Gasteiger partial charge in [-0.05, 0) is 6.07 Å². The highest BCUT2D eigenvalue weighted by Gasteiger charge is 2.17. The summed E-state index contributed by atoms with van der Waals surface area (Å²) in [5, 5.41) is 6.53. The van der Waals surface area contributed by atoms with Gasteiger partial charge in [0.05, 0.1) is 10.7 Å². The van der Waals surface area contributed by atoms with Crippen LogP contribution in [-0.2, 0) is 18.4 Å². The number of hydrogen-bond donors (Lipinski definition) is 1. The fraction of sp³-hybridized carbons (Fsp3) is 0.438. The van der Waals surface area contributed by atoms with E-state index in [2.05, 4.69) is 36.5 Å². The highest BCUT2D eigenvalue weighted by Crippen LogP contribution is 2.23. The minimum absolute atomic E-state index is 0.106. The van der Waals surface area contributed by atoms with Gasteiger partial charge < -0.3 is 5.32 Å². The van der Waals surface area contributed by atoms with E-state index in [1.807, 2.05) is 12.1 Å². The van der Waals surface area contributed by atoms with E-state index in [0.717, 1.165) is 23.7 Å². The van der Waals surface area contributed by atoms with Gasteiger partial charge in [-0.2, -0.15) is 0 Å². The van der Waals surface area contributed by atoms with Crippen LogP contribution >= 0.6 is 11.3 Å². The molecule has 1 heterocycles. The third kappa shape index (κ3) is 4.12. The zero-order chi connectivity index (χ0) is 14.6. The Morgan fingerprint density at radius 2 is 2.00 bits per heavy atom. The Balaban J connectivity index is 1.79. The lowest BCUT2D eigenvalue weighted by molar-refractivity contribution is 0.568. The maximum atomic E-state index is 13.4. The number of thiazole rings is 1. The fourth-order valence-electron chi connectivity index (χ4n) is 1.83. The topological polar surface area (TPSA) is 24.9 Å². The van der Waals surface area contributed by atoms with Crippen molar-refractivity contribution in [2.75, 3.05) is 6.54 Å². The van der Waals surface area contributed by atoms with Gasteiger partial charge in [0.15, 0.2) is 0 Å². The van der Waals surface area contributed by atoms with Crippen LogP contribution in [0.5, 0.6) is 0 Å². The summed E-state index contributed by atoms with van der Waals surface area (Å²) in [7, 11) is 0. The molecular formula is C16H21FN2S. The molecule has 108 valence electrons. The average molecular weight is 292 g/mol. The second-order valence-electron chi connectivity index (χ2n) is 5.89. The SMILES string of the molecule is CC(C)(C)c1csc(CCNCc2ccccc2F)n1. The molecule has 1 aromatic heterocycles. The zero-order valence-electron chi connectivity index (χ0n) is 12.2. The maximum absolute atomic E-state index is 13.4. The molecule has 0 unspecified atom stereocenters.